The van der Waals surface area contributed by atoms with Crippen LogP contribution >= 0.6 is 0 Å². The van der Waals surface area contributed by atoms with E-state index in [1.165, 1.54) is 88.7 Å². The number of nitrogens with zero attached hydrogens (tertiary/aromatic N) is 1. The van der Waals surface area contributed by atoms with Crippen molar-refractivity contribution in [2.45, 2.75) is 24.7 Å². The first-order valence-electron chi connectivity index (χ1n) is 22.1. The third kappa shape index (κ3) is 5.63. The van der Waals surface area contributed by atoms with Gasteiger partial charge in [-0.3, -0.25) is 0 Å². The van der Waals surface area contributed by atoms with Crippen LogP contribution in [0.5, 0.6) is 0 Å². The zero-order valence-electron chi connectivity index (χ0n) is 35.5. The van der Waals surface area contributed by atoms with Crippen molar-refractivity contribution in [1.29, 1.82) is 0 Å². The van der Waals surface area contributed by atoms with Crippen LogP contribution in [-0.4, -0.2) is 0 Å². The van der Waals surface area contributed by atoms with Gasteiger partial charge in [-0.15, -0.1) is 0 Å². The van der Waals surface area contributed by atoms with Crippen molar-refractivity contribution in [3.8, 4) is 44.5 Å². The summed E-state index contributed by atoms with van der Waals surface area (Å²) in [6, 6.07) is 87.9. The van der Waals surface area contributed by atoms with Crippen molar-refractivity contribution in [2.75, 3.05) is 4.90 Å². The first-order valence-corrected chi connectivity index (χ1v) is 22.1. The highest BCUT2D eigenvalue weighted by Crippen LogP contribution is 2.61. The molecule has 0 amide bonds. The molecule has 0 unspecified atom stereocenters. The molecule has 2 aliphatic carbocycles. The first kappa shape index (κ1) is 37.1. The fourth-order valence-electron chi connectivity index (χ4n) is 11.1. The Labute approximate surface area is 370 Å². The van der Waals surface area contributed by atoms with Gasteiger partial charge in [0.15, 0.2) is 0 Å². The van der Waals surface area contributed by atoms with Crippen molar-refractivity contribution in [1.82, 2.24) is 0 Å². The van der Waals surface area contributed by atoms with Crippen LogP contribution in [-0.2, 0) is 10.8 Å². The third-order valence-electron chi connectivity index (χ3n) is 13.9. The zero-order valence-corrected chi connectivity index (χ0v) is 35.5. The molecule has 1 nitrogen and oxygen atoms in total. The van der Waals surface area contributed by atoms with Crippen molar-refractivity contribution in [3.05, 3.63) is 270 Å². The lowest BCUT2D eigenvalue weighted by molar-refractivity contribution is 0.660. The van der Waals surface area contributed by atoms with Crippen LogP contribution in [0.3, 0.4) is 0 Å². The Morgan fingerprint density at radius 3 is 1.56 bits per heavy atom. The van der Waals surface area contributed by atoms with Gasteiger partial charge < -0.3 is 4.90 Å². The molecule has 10 aromatic rings. The van der Waals surface area contributed by atoms with E-state index in [0.717, 1.165) is 17.1 Å². The predicted octanol–water partition coefficient (Wildman–Crippen LogP) is 16.3. The zero-order chi connectivity index (χ0) is 42.1. The maximum absolute atomic E-state index is 2.49. The molecule has 0 N–H and O–H groups in total. The van der Waals surface area contributed by atoms with Gasteiger partial charge >= 0.3 is 0 Å². The van der Waals surface area contributed by atoms with E-state index < -0.39 is 5.41 Å². The van der Waals surface area contributed by atoms with E-state index in [1.807, 2.05) is 0 Å². The molecule has 0 atom stereocenters. The average molecular weight is 804 g/mol. The Hall–Kier alpha value is -7.74. The summed E-state index contributed by atoms with van der Waals surface area (Å²) in [4.78, 5) is 2.47. The van der Waals surface area contributed by atoms with Crippen LogP contribution in [0.25, 0.3) is 55.3 Å². The van der Waals surface area contributed by atoms with Gasteiger partial charge in [0.25, 0.3) is 0 Å². The minimum Gasteiger partial charge on any atom is -0.310 e. The standard InChI is InChI=1S/C62H45N/c1-61(2)56-30-18-17-29-52(56)53-37-35-50(41-58(53)61)63(48-33-31-43(32-34-48)42-19-7-3-8-20-42)49-36-38-57-55(40-49)59-54(44-21-9-4-10-22-44)39-45-23-15-16-28-51(45)60(59)62(57,46-24-11-5-12-25-46)47-26-13-6-14-27-47/h3-41H,1-2H3. The molecule has 10 aromatic carbocycles. The molecule has 298 valence electrons. The van der Waals surface area contributed by atoms with E-state index in [2.05, 4.69) is 255 Å². The lowest BCUT2D eigenvalue weighted by Crippen LogP contribution is -2.29. The molecule has 0 heterocycles. The van der Waals surface area contributed by atoms with Crippen molar-refractivity contribution in [3.63, 3.8) is 0 Å². The van der Waals surface area contributed by atoms with Crippen molar-refractivity contribution >= 4 is 27.8 Å². The second-order valence-electron chi connectivity index (χ2n) is 17.6. The lowest BCUT2D eigenvalue weighted by Gasteiger charge is -2.35. The fraction of sp³-hybridized carbons (Fsp3) is 0.0645. The summed E-state index contributed by atoms with van der Waals surface area (Å²) in [7, 11) is 0. The molecular formula is C62H45N. The molecule has 0 aromatic heterocycles. The summed E-state index contributed by atoms with van der Waals surface area (Å²) in [6.45, 7) is 4.74. The monoisotopic (exact) mass is 803 g/mol. The summed E-state index contributed by atoms with van der Waals surface area (Å²) in [5.74, 6) is 0. The summed E-state index contributed by atoms with van der Waals surface area (Å²) in [5, 5.41) is 2.51. The van der Waals surface area contributed by atoms with Crippen LogP contribution in [0, 0.1) is 0 Å². The van der Waals surface area contributed by atoms with Crippen molar-refractivity contribution in [2.24, 2.45) is 0 Å². The molecule has 0 fully saturated rings. The maximum Gasteiger partial charge on any atom is 0.0719 e. The minimum atomic E-state index is -0.582. The Morgan fingerprint density at radius 1 is 0.333 bits per heavy atom. The second-order valence-corrected chi connectivity index (χ2v) is 17.6. The number of hydrogen-bond acceptors (Lipinski definition) is 1. The average Bonchev–Trinajstić information content (AvgIpc) is 3.78. The fourth-order valence-corrected chi connectivity index (χ4v) is 11.1. The highest BCUT2D eigenvalue weighted by atomic mass is 15.1. The number of rotatable bonds is 7. The van der Waals surface area contributed by atoms with Gasteiger partial charge in [0.1, 0.15) is 0 Å². The van der Waals surface area contributed by atoms with Crippen molar-refractivity contribution < 1.29 is 0 Å². The van der Waals surface area contributed by atoms with Gasteiger partial charge in [0, 0.05) is 22.5 Å². The molecule has 0 radical (unpaired) electrons. The summed E-state index contributed by atoms with van der Waals surface area (Å²) in [5.41, 5.74) is 20.5. The Bertz CT molecular complexity index is 3290. The normalized spacial score (nSPS) is 13.8. The van der Waals surface area contributed by atoms with E-state index >= 15 is 0 Å². The van der Waals surface area contributed by atoms with Crippen LogP contribution in [0.15, 0.2) is 237 Å². The smallest absolute Gasteiger partial charge is 0.0719 e. The molecule has 0 spiro atoms. The molecule has 63 heavy (non-hydrogen) atoms. The molecular weight excluding hydrogens is 759 g/mol. The van der Waals surface area contributed by atoms with Gasteiger partial charge in [0.05, 0.1) is 5.41 Å². The SMILES string of the molecule is CC1(C)c2ccccc2-c2ccc(N(c3ccc(-c4ccccc4)cc3)c3ccc4c(c3)-c3c(-c5ccccc5)cc5ccccc5c3C4(c3ccccc3)c3ccccc3)cc21. The second kappa shape index (κ2) is 14.4. The van der Waals surface area contributed by atoms with Gasteiger partial charge in [-0.05, 0) is 131 Å². The Balaban J connectivity index is 1.16. The van der Waals surface area contributed by atoms with Crippen LogP contribution in [0.1, 0.15) is 47.2 Å². The van der Waals surface area contributed by atoms with Crippen LogP contribution in [0.4, 0.5) is 17.1 Å². The molecule has 0 saturated heterocycles. The third-order valence-corrected chi connectivity index (χ3v) is 13.9. The Morgan fingerprint density at radius 2 is 0.857 bits per heavy atom. The summed E-state index contributed by atoms with van der Waals surface area (Å²) in [6.07, 6.45) is 0. The topological polar surface area (TPSA) is 3.24 Å². The highest BCUT2D eigenvalue weighted by molar-refractivity contribution is 6.07. The molecule has 2 aliphatic rings. The lowest BCUT2D eigenvalue weighted by atomic mass is 9.66. The quantitative estimate of drug-likeness (QED) is 0.155. The highest BCUT2D eigenvalue weighted by Gasteiger charge is 2.48. The molecule has 1 heteroatoms. The van der Waals surface area contributed by atoms with E-state index in [-0.39, 0.29) is 5.41 Å². The van der Waals surface area contributed by atoms with E-state index in [1.54, 1.807) is 0 Å². The maximum atomic E-state index is 2.49. The summed E-state index contributed by atoms with van der Waals surface area (Å²) < 4.78 is 0. The minimum absolute atomic E-state index is 0.141. The van der Waals surface area contributed by atoms with E-state index in [0.29, 0.717) is 0 Å². The van der Waals surface area contributed by atoms with E-state index in [9.17, 15) is 0 Å². The Kier molecular flexibility index (Phi) is 8.49. The largest absolute Gasteiger partial charge is 0.310 e. The predicted molar refractivity (Wildman–Crippen MR) is 264 cm³/mol. The number of hydrogen-bond donors (Lipinski definition) is 0. The molecule has 0 saturated carbocycles. The first-order chi connectivity index (χ1) is 31.0. The number of fused-ring (bicyclic) bond motifs is 8. The number of anilines is 3. The molecule has 0 aliphatic heterocycles. The van der Waals surface area contributed by atoms with Gasteiger partial charge in [-0.1, -0.05) is 208 Å². The van der Waals surface area contributed by atoms with Gasteiger partial charge in [0.2, 0.25) is 0 Å². The van der Waals surface area contributed by atoms with Gasteiger partial charge in [-0.2, -0.15) is 0 Å². The van der Waals surface area contributed by atoms with Crippen LogP contribution in [0.2, 0.25) is 0 Å². The van der Waals surface area contributed by atoms with Gasteiger partial charge in [-0.25, -0.2) is 0 Å². The molecule has 0 bridgehead atoms. The number of benzene rings is 10. The van der Waals surface area contributed by atoms with Crippen LogP contribution < -0.4 is 4.90 Å². The molecule has 12 rings (SSSR count). The van der Waals surface area contributed by atoms with E-state index in [4.69, 9.17) is 0 Å². The summed E-state index contributed by atoms with van der Waals surface area (Å²) >= 11 is 0.